The Hall–Kier alpha value is -1.09. The van der Waals surface area contributed by atoms with Crippen LogP contribution in [0.15, 0.2) is 40.9 Å². The fourth-order valence-electron chi connectivity index (χ4n) is 3.03. The van der Waals surface area contributed by atoms with Crippen molar-refractivity contribution in [3.05, 3.63) is 47.0 Å². The van der Waals surface area contributed by atoms with E-state index < -0.39 is 9.84 Å². The van der Waals surface area contributed by atoms with Gasteiger partial charge < -0.3 is 10.6 Å². The Morgan fingerprint density at radius 2 is 1.81 bits per heavy atom. The van der Waals surface area contributed by atoms with E-state index in [0.29, 0.717) is 6.54 Å². The van der Waals surface area contributed by atoms with E-state index in [1.165, 1.54) is 31.9 Å². The van der Waals surface area contributed by atoms with Crippen molar-refractivity contribution >= 4 is 39.8 Å². The van der Waals surface area contributed by atoms with Crippen LogP contribution in [0.25, 0.3) is 0 Å². The smallest absolute Gasteiger partial charge is 0.191 e. The van der Waals surface area contributed by atoms with Crippen molar-refractivity contribution in [1.29, 1.82) is 0 Å². The lowest BCUT2D eigenvalue weighted by molar-refractivity contribution is 0.601. The first-order chi connectivity index (χ1) is 12.5. The van der Waals surface area contributed by atoms with Crippen molar-refractivity contribution in [2.45, 2.75) is 51.3 Å². The lowest BCUT2D eigenvalue weighted by Gasteiger charge is -2.15. The molecule has 152 valence electrons. The van der Waals surface area contributed by atoms with Gasteiger partial charge in [0.2, 0.25) is 0 Å². The minimum atomic E-state index is -2.99. The van der Waals surface area contributed by atoms with E-state index in [4.69, 9.17) is 0 Å². The highest BCUT2D eigenvalue weighted by Gasteiger charge is 2.05. The molecule has 0 atom stereocenters. The third-order valence-corrected chi connectivity index (χ3v) is 5.20. The molecule has 0 bridgehead atoms. The Balaban J connectivity index is 0.00000364. The molecular formula is C20H32IN3O2S. The Bertz CT molecular complexity index is 728. The number of halogens is 1. The molecule has 2 N–H and O–H groups in total. The summed E-state index contributed by atoms with van der Waals surface area (Å²) in [4.78, 5) is 4.63. The minimum Gasteiger partial charge on any atom is -0.357 e. The van der Waals surface area contributed by atoms with Crippen LogP contribution >= 0.6 is 24.0 Å². The Morgan fingerprint density at radius 3 is 2.41 bits per heavy atom. The first-order valence-corrected chi connectivity index (χ1v) is 11.5. The number of allylic oxidation sites excluding steroid dienone is 1. The zero-order valence-electron chi connectivity index (χ0n) is 16.3. The highest BCUT2D eigenvalue weighted by atomic mass is 127. The molecule has 27 heavy (non-hydrogen) atoms. The van der Waals surface area contributed by atoms with Crippen LogP contribution in [0.3, 0.4) is 0 Å². The number of nitrogens with zero attached hydrogens (tertiary/aromatic N) is 1. The molecule has 0 amide bonds. The van der Waals surface area contributed by atoms with E-state index >= 15 is 0 Å². The van der Waals surface area contributed by atoms with Gasteiger partial charge in [-0.05, 0) is 50.2 Å². The summed E-state index contributed by atoms with van der Waals surface area (Å²) in [5, 5.41) is 6.67. The summed E-state index contributed by atoms with van der Waals surface area (Å²) in [6.07, 6.45) is 9.80. The number of hydrogen-bond donors (Lipinski definition) is 2. The van der Waals surface area contributed by atoms with Crippen molar-refractivity contribution in [3.8, 4) is 0 Å². The Morgan fingerprint density at radius 1 is 1.11 bits per heavy atom. The SMILES string of the molecule is CCNC(=NCc1ccc(CS(C)(=O)=O)cc1)NCCC1=CCCCC1.I. The van der Waals surface area contributed by atoms with Gasteiger partial charge in [0, 0.05) is 19.3 Å². The standard InChI is InChI=1S/C20H31N3O2S.HI/c1-3-21-20(22-14-13-17-7-5-4-6-8-17)23-15-18-9-11-19(12-10-18)16-26(2,24)25;/h7,9-12H,3-6,8,13-16H2,1-2H3,(H2,21,22,23);1H. The maximum atomic E-state index is 11.3. The maximum absolute atomic E-state index is 11.3. The molecule has 0 saturated carbocycles. The molecular weight excluding hydrogens is 473 g/mol. The van der Waals surface area contributed by atoms with Gasteiger partial charge in [-0.15, -0.1) is 24.0 Å². The maximum Gasteiger partial charge on any atom is 0.191 e. The molecule has 5 nitrogen and oxygen atoms in total. The van der Waals surface area contributed by atoms with E-state index in [1.54, 1.807) is 5.57 Å². The monoisotopic (exact) mass is 505 g/mol. The number of benzene rings is 1. The number of sulfone groups is 1. The highest BCUT2D eigenvalue weighted by molar-refractivity contribution is 14.0. The van der Waals surface area contributed by atoms with Gasteiger partial charge in [0.05, 0.1) is 12.3 Å². The number of hydrogen-bond acceptors (Lipinski definition) is 3. The molecule has 0 aromatic heterocycles. The van der Waals surface area contributed by atoms with Crippen molar-refractivity contribution in [2.75, 3.05) is 19.3 Å². The van der Waals surface area contributed by atoms with Crippen molar-refractivity contribution in [3.63, 3.8) is 0 Å². The first kappa shape index (κ1) is 23.9. The van der Waals surface area contributed by atoms with Crippen LogP contribution in [0.1, 0.15) is 50.2 Å². The van der Waals surface area contributed by atoms with Gasteiger partial charge in [0.25, 0.3) is 0 Å². The molecule has 0 aliphatic heterocycles. The summed E-state index contributed by atoms with van der Waals surface area (Å²) < 4.78 is 22.7. The third kappa shape index (κ3) is 10.1. The number of nitrogens with one attached hydrogen (secondary N) is 2. The van der Waals surface area contributed by atoms with Crippen LogP contribution in [-0.4, -0.2) is 33.7 Å². The van der Waals surface area contributed by atoms with E-state index in [-0.39, 0.29) is 29.7 Å². The lowest BCUT2D eigenvalue weighted by atomic mass is 9.97. The molecule has 0 fully saturated rings. The summed E-state index contributed by atoms with van der Waals surface area (Å²) in [6.45, 7) is 4.34. The van der Waals surface area contributed by atoms with Crippen LogP contribution < -0.4 is 10.6 Å². The summed E-state index contributed by atoms with van der Waals surface area (Å²) >= 11 is 0. The Labute approximate surface area is 181 Å². The molecule has 0 spiro atoms. The van der Waals surface area contributed by atoms with Crippen molar-refractivity contribution < 1.29 is 8.42 Å². The fraction of sp³-hybridized carbons (Fsp3) is 0.550. The number of rotatable bonds is 8. The van der Waals surface area contributed by atoms with E-state index in [2.05, 4.69) is 28.6 Å². The molecule has 2 rings (SSSR count). The van der Waals surface area contributed by atoms with Crippen LogP contribution in [0.2, 0.25) is 0 Å². The van der Waals surface area contributed by atoms with Gasteiger partial charge in [0.15, 0.2) is 15.8 Å². The summed E-state index contributed by atoms with van der Waals surface area (Å²) in [5.74, 6) is 0.903. The summed E-state index contributed by atoms with van der Waals surface area (Å²) in [7, 11) is -2.99. The quantitative estimate of drug-likeness (QED) is 0.244. The molecule has 1 aliphatic carbocycles. The molecule has 1 aromatic rings. The lowest BCUT2D eigenvalue weighted by Crippen LogP contribution is -2.37. The minimum absolute atomic E-state index is 0. The molecule has 0 radical (unpaired) electrons. The predicted octanol–water partition coefficient (Wildman–Crippen LogP) is 3.79. The number of aliphatic imine (C=N–C) groups is 1. The van der Waals surface area contributed by atoms with Gasteiger partial charge >= 0.3 is 0 Å². The molecule has 0 heterocycles. The second-order valence-corrected chi connectivity index (χ2v) is 9.01. The second-order valence-electron chi connectivity index (χ2n) is 6.87. The zero-order chi connectivity index (χ0) is 18.8. The van der Waals surface area contributed by atoms with Gasteiger partial charge in [-0.25, -0.2) is 13.4 Å². The highest BCUT2D eigenvalue weighted by Crippen LogP contribution is 2.19. The molecule has 1 aromatic carbocycles. The normalized spacial score (nSPS) is 14.9. The van der Waals surface area contributed by atoms with E-state index in [9.17, 15) is 8.42 Å². The van der Waals surface area contributed by atoms with Gasteiger partial charge in [-0.3, -0.25) is 0 Å². The second kappa shape index (κ2) is 12.4. The fourth-order valence-corrected chi connectivity index (χ4v) is 3.83. The average Bonchev–Trinajstić information content (AvgIpc) is 2.60. The molecule has 0 saturated heterocycles. The summed E-state index contributed by atoms with van der Waals surface area (Å²) in [6, 6.07) is 7.62. The summed E-state index contributed by atoms with van der Waals surface area (Å²) in [5.41, 5.74) is 3.43. The van der Waals surface area contributed by atoms with Gasteiger partial charge in [0.1, 0.15) is 0 Å². The zero-order valence-corrected chi connectivity index (χ0v) is 19.5. The third-order valence-electron chi connectivity index (χ3n) is 4.34. The number of guanidine groups is 1. The van der Waals surface area contributed by atoms with Crippen LogP contribution in [0, 0.1) is 0 Å². The predicted molar refractivity (Wildman–Crippen MR) is 124 cm³/mol. The van der Waals surface area contributed by atoms with Crippen LogP contribution in [0.5, 0.6) is 0 Å². The van der Waals surface area contributed by atoms with Gasteiger partial charge in [-0.1, -0.05) is 35.9 Å². The molecule has 1 aliphatic rings. The topological polar surface area (TPSA) is 70.6 Å². The Kier molecular flexibility index (Phi) is 11.0. The van der Waals surface area contributed by atoms with Crippen molar-refractivity contribution in [2.24, 2.45) is 4.99 Å². The largest absolute Gasteiger partial charge is 0.357 e. The van der Waals surface area contributed by atoms with E-state index in [0.717, 1.165) is 36.6 Å². The first-order valence-electron chi connectivity index (χ1n) is 9.42. The molecule has 7 heteroatoms. The van der Waals surface area contributed by atoms with Crippen LogP contribution in [0.4, 0.5) is 0 Å². The van der Waals surface area contributed by atoms with Crippen molar-refractivity contribution in [1.82, 2.24) is 10.6 Å². The van der Waals surface area contributed by atoms with Crippen LogP contribution in [-0.2, 0) is 22.1 Å². The van der Waals surface area contributed by atoms with E-state index in [1.807, 2.05) is 24.3 Å². The average molecular weight is 505 g/mol. The molecule has 0 unspecified atom stereocenters. The van der Waals surface area contributed by atoms with Gasteiger partial charge in [-0.2, -0.15) is 0 Å².